The number of nitrogens with zero attached hydrogens (tertiary/aromatic N) is 1. The molecule has 0 bridgehead atoms. The fourth-order valence-corrected chi connectivity index (χ4v) is 3.88. The zero-order valence-corrected chi connectivity index (χ0v) is 12.4. The van der Waals surface area contributed by atoms with E-state index in [-0.39, 0.29) is 22.6 Å². The molecule has 1 fully saturated rings. The lowest BCUT2D eigenvalue weighted by Crippen LogP contribution is -2.33. The first-order valence-corrected chi connectivity index (χ1v) is 7.89. The van der Waals surface area contributed by atoms with E-state index in [1.807, 2.05) is 6.92 Å². The molecule has 0 radical (unpaired) electrons. The third-order valence-electron chi connectivity index (χ3n) is 3.69. The monoisotopic (exact) mass is 302 g/mol. The van der Waals surface area contributed by atoms with E-state index in [9.17, 15) is 12.8 Å². The van der Waals surface area contributed by atoms with Gasteiger partial charge in [0.15, 0.2) is 11.6 Å². The lowest BCUT2D eigenvalue weighted by Gasteiger charge is -2.18. The second-order valence-corrected chi connectivity index (χ2v) is 7.01. The highest BCUT2D eigenvalue weighted by Crippen LogP contribution is 2.28. The summed E-state index contributed by atoms with van der Waals surface area (Å²) in [6, 6.07) is 3.62. The Hall–Kier alpha value is -1.18. The van der Waals surface area contributed by atoms with Crippen molar-refractivity contribution in [2.75, 3.05) is 20.2 Å². The van der Waals surface area contributed by atoms with E-state index in [0.29, 0.717) is 13.1 Å². The van der Waals surface area contributed by atoms with Gasteiger partial charge in [0.05, 0.1) is 12.0 Å². The number of hydrogen-bond acceptors (Lipinski definition) is 4. The largest absolute Gasteiger partial charge is 0.494 e. The van der Waals surface area contributed by atoms with Gasteiger partial charge < -0.3 is 10.5 Å². The van der Waals surface area contributed by atoms with E-state index in [1.54, 1.807) is 0 Å². The second kappa shape index (κ2) is 5.67. The first-order valence-electron chi connectivity index (χ1n) is 6.45. The lowest BCUT2D eigenvalue weighted by molar-refractivity contribution is 0.385. The highest BCUT2D eigenvalue weighted by molar-refractivity contribution is 7.89. The Morgan fingerprint density at radius 3 is 2.70 bits per heavy atom. The Labute approximate surface area is 118 Å². The third kappa shape index (κ3) is 2.79. The standard InChI is InChI=1S/C13H19FN2O3S/c1-9(15)10-5-6-16(8-10)20(17,18)11-3-4-13(19-2)12(14)7-11/h3-4,7,9-10H,5-6,8,15H2,1-2H3. The minimum absolute atomic E-state index is 0.0267. The summed E-state index contributed by atoms with van der Waals surface area (Å²) in [7, 11) is -2.34. The van der Waals surface area contributed by atoms with Crippen molar-refractivity contribution in [2.45, 2.75) is 24.3 Å². The van der Waals surface area contributed by atoms with Gasteiger partial charge in [-0.15, -0.1) is 0 Å². The van der Waals surface area contributed by atoms with Crippen LogP contribution in [0, 0.1) is 11.7 Å². The first-order chi connectivity index (χ1) is 9.36. The number of methoxy groups -OCH3 is 1. The quantitative estimate of drug-likeness (QED) is 0.907. The van der Waals surface area contributed by atoms with Crippen LogP contribution in [0.5, 0.6) is 5.75 Å². The normalized spacial score (nSPS) is 21.9. The van der Waals surface area contributed by atoms with Crippen LogP contribution >= 0.6 is 0 Å². The van der Waals surface area contributed by atoms with Crippen molar-refractivity contribution in [3.05, 3.63) is 24.0 Å². The Bertz CT molecular complexity index is 589. The number of ether oxygens (including phenoxy) is 1. The van der Waals surface area contributed by atoms with Gasteiger partial charge in [0.25, 0.3) is 0 Å². The summed E-state index contributed by atoms with van der Waals surface area (Å²) in [5.74, 6) is -0.511. The van der Waals surface area contributed by atoms with Gasteiger partial charge in [-0.3, -0.25) is 0 Å². The number of benzene rings is 1. The molecule has 0 saturated carbocycles. The second-order valence-electron chi connectivity index (χ2n) is 5.07. The molecule has 2 rings (SSSR count). The van der Waals surface area contributed by atoms with Crippen molar-refractivity contribution >= 4 is 10.0 Å². The number of sulfonamides is 1. The SMILES string of the molecule is COc1ccc(S(=O)(=O)N2CCC(C(C)N)C2)cc1F. The van der Waals surface area contributed by atoms with Crippen LogP contribution in [0.4, 0.5) is 4.39 Å². The third-order valence-corrected chi connectivity index (χ3v) is 5.55. The van der Waals surface area contributed by atoms with Gasteiger partial charge in [0.1, 0.15) is 0 Å². The van der Waals surface area contributed by atoms with Crippen molar-refractivity contribution in [3.8, 4) is 5.75 Å². The Morgan fingerprint density at radius 2 is 2.20 bits per heavy atom. The van der Waals surface area contributed by atoms with Gasteiger partial charge in [-0.05, 0) is 37.5 Å². The minimum atomic E-state index is -3.67. The van der Waals surface area contributed by atoms with Crippen LogP contribution < -0.4 is 10.5 Å². The molecule has 2 unspecified atom stereocenters. The van der Waals surface area contributed by atoms with E-state index in [1.165, 1.54) is 23.5 Å². The van der Waals surface area contributed by atoms with E-state index in [2.05, 4.69) is 0 Å². The summed E-state index contributed by atoms with van der Waals surface area (Å²) in [4.78, 5) is -0.0545. The van der Waals surface area contributed by atoms with Gasteiger partial charge >= 0.3 is 0 Å². The van der Waals surface area contributed by atoms with Gasteiger partial charge in [-0.1, -0.05) is 0 Å². The molecule has 20 heavy (non-hydrogen) atoms. The Kier molecular flexibility index (Phi) is 4.31. The molecule has 1 saturated heterocycles. The fourth-order valence-electron chi connectivity index (χ4n) is 2.36. The molecule has 2 atom stereocenters. The van der Waals surface area contributed by atoms with Gasteiger partial charge in [-0.25, -0.2) is 12.8 Å². The summed E-state index contributed by atoms with van der Waals surface area (Å²) in [6.45, 7) is 2.67. The predicted molar refractivity (Wildman–Crippen MR) is 73.5 cm³/mol. The number of nitrogens with two attached hydrogens (primary N) is 1. The molecule has 5 nitrogen and oxygen atoms in total. The predicted octanol–water partition coefficient (Wildman–Crippen LogP) is 1.19. The van der Waals surface area contributed by atoms with Gasteiger partial charge in [0, 0.05) is 19.1 Å². The molecule has 112 valence electrons. The number of hydrogen-bond donors (Lipinski definition) is 1. The van der Waals surface area contributed by atoms with Crippen molar-refractivity contribution in [3.63, 3.8) is 0 Å². The summed E-state index contributed by atoms with van der Waals surface area (Å²) >= 11 is 0. The molecule has 2 N–H and O–H groups in total. The molecule has 1 aliphatic heterocycles. The molecule has 1 heterocycles. The number of rotatable bonds is 4. The van der Waals surface area contributed by atoms with Crippen LogP contribution in [0.25, 0.3) is 0 Å². The average molecular weight is 302 g/mol. The first kappa shape index (κ1) is 15.2. The average Bonchev–Trinajstić information content (AvgIpc) is 2.89. The molecular weight excluding hydrogens is 283 g/mol. The zero-order valence-electron chi connectivity index (χ0n) is 11.5. The van der Waals surface area contributed by atoms with Crippen LogP contribution in [0.15, 0.2) is 23.1 Å². The molecule has 0 spiro atoms. The fraction of sp³-hybridized carbons (Fsp3) is 0.538. The molecule has 0 aromatic heterocycles. The van der Waals surface area contributed by atoms with Crippen LogP contribution in [0.1, 0.15) is 13.3 Å². The molecule has 1 aromatic rings. The highest BCUT2D eigenvalue weighted by Gasteiger charge is 2.34. The van der Waals surface area contributed by atoms with Crippen LogP contribution in [-0.4, -0.2) is 39.0 Å². The maximum absolute atomic E-state index is 13.6. The Morgan fingerprint density at radius 1 is 1.50 bits per heavy atom. The topological polar surface area (TPSA) is 72.6 Å². The molecule has 0 amide bonds. The summed E-state index contributed by atoms with van der Waals surface area (Å²) in [5.41, 5.74) is 5.81. The van der Waals surface area contributed by atoms with Crippen LogP contribution in [0.2, 0.25) is 0 Å². The summed E-state index contributed by atoms with van der Waals surface area (Å²) in [6.07, 6.45) is 0.732. The lowest BCUT2D eigenvalue weighted by atomic mass is 10.0. The van der Waals surface area contributed by atoms with Crippen LogP contribution in [-0.2, 0) is 10.0 Å². The van der Waals surface area contributed by atoms with Crippen molar-refractivity contribution in [1.82, 2.24) is 4.31 Å². The van der Waals surface area contributed by atoms with Crippen molar-refractivity contribution < 1.29 is 17.5 Å². The van der Waals surface area contributed by atoms with E-state index in [0.717, 1.165) is 12.5 Å². The highest BCUT2D eigenvalue weighted by atomic mass is 32.2. The molecule has 0 aliphatic carbocycles. The molecule has 7 heteroatoms. The van der Waals surface area contributed by atoms with Crippen molar-refractivity contribution in [2.24, 2.45) is 11.7 Å². The smallest absolute Gasteiger partial charge is 0.243 e. The Balaban J connectivity index is 2.25. The van der Waals surface area contributed by atoms with E-state index < -0.39 is 15.8 Å². The molecular formula is C13H19FN2O3S. The van der Waals surface area contributed by atoms with E-state index in [4.69, 9.17) is 10.5 Å². The molecule has 1 aromatic carbocycles. The number of halogens is 1. The minimum Gasteiger partial charge on any atom is -0.494 e. The van der Waals surface area contributed by atoms with Gasteiger partial charge in [0.2, 0.25) is 10.0 Å². The molecule has 1 aliphatic rings. The summed E-state index contributed by atoms with van der Waals surface area (Å²) < 4.78 is 44.7. The maximum Gasteiger partial charge on any atom is 0.243 e. The maximum atomic E-state index is 13.6. The van der Waals surface area contributed by atoms with Crippen LogP contribution in [0.3, 0.4) is 0 Å². The zero-order chi connectivity index (χ0) is 14.9. The van der Waals surface area contributed by atoms with Gasteiger partial charge in [-0.2, -0.15) is 4.31 Å². The summed E-state index contributed by atoms with van der Waals surface area (Å²) in [5, 5.41) is 0. The van der Waals surface area contributed by atoms with E-state index >= 15 is 0 Å². The van der Waals surface area contributed by atoms with Crippen molar-refractivity contribution in [1.29, 1.82) is 0 Å².